The summed E-state index contributed by atoms with van der Waals surface area (Å²) in [5.41, 5.74) is 0.134. The third-order valence-corrected chi connectivity index (χ3v) is 2.51. The molecule has 0 atom stereocenters. The van der Waals surface area contributed by atoms with Gasteiger partial charge < -0.3 is 0 Å². The molecular weight excluding hydrogens is 332 g/mol. The first kappa shape index (κ1) is 11.3. The fraction of sp³-hybridized carbons (Fsp3) is 0. The first-order valence-electron chi connectivity index (χ1n) is 4.20. The van der Waals surface area contributed by atoms with E-state index in [0.717, 1.165) is 6.07 Å². The zero-order valence-corrected chi connectivity index (χ0v) is 9.87. The molecule has 0 aliphatic rings. The molecule has 0 bridgehead atoms. The van der Waals surface area contributed by atoms with E-state index in [2.05, 4.69) is 9.97 Å². The molecule has 2 nitrogen and oxygen atoms in total. The second-order valence-electron chi connectivity index (χ2n) is 2.97. The summed E-state index contributed by atoms with van der Waals surface area (Å²) in [4.78, 5) is 7.62. The standard InChI is InChI=1S/C10H4F3IN2/c11-6-2-8(13)7(12)1-5(6)9-3-10(14)16-4-15-9/h1-4H. The van der Waals surface area contributed by atoms with Crippen LogP contribution in [0.25, 0.3) is 11.3 Å². The molecule has 1 heterocycles. The van der Waals surface area contributed by atoms with Crippen molar-refractivity contribution in [2.75, 3.05) is 0 Å². The van der Waals surface area contributed by atoms with Crippen molar-refractivity contribution in [3.05, 3.63) is 45.7 Å². The van der Waals surface area contributed by atoms with Gasteiger partial charge in [0, 0.05) is 11.6 Å². The van der Waals surface area contributed by atoms with Gasteiger partial charge in [0.2, 0.25) is 0 Å². The van der Waals surface area contributed by atoms with Crippen LogP contribution < -0.4 is 0 Å². The minimum Gasteiger partial charge on any atom is -0.236 e. The maximum atomic E-state index is 13.4. The molecule has 1 aromatic carbocycles. The summed E-state index contributed by atoms with van der Waals surface area (Å²) in [5.74, 6) is -3.18. The highest BCUT2D eigenvalue weighted by Crippen LogP contribution is 2.23. The van der Waals surface area contributed by atoms with Crippen molar-refractivity contribution in [2.24, 2.45) is 0 Å². The topological polar surface area (TPSA) is 25.8 Å². The molecule has 82 valence electrons. The van der Waals surface area contributed by atoms with Crippen molar-refractivity contribution >= 4 is 22.6 Å². The Hall–Kier alpha value is -1.18. The average molecular weight is 336 g/mol. The molecule has 2 aromatic rings. The molecule has 0 spiro atoms. The quantitative estimate of drug-likeness (QED) is 0.454. The van der Waals surface area contributed by atoms with E-state index < -0.39 is 17.5 Å². The summed E-state index contributed by atoms with van der Waals surface area (Å²) in [6.07, 6.45) is 1.23. The molecular formula is C10H4F3IN2. The molecule has 0 fully saturated rings. The third kappa shape index (κ3) is 2.16. The number of benzene rings is 1. The molecule has 0 unspecified atom stereocenters. The Morgan fingerprint density at radius 3 is 2.25 bits per heavy atom. The first-order chi connectivity index (χ1) is 7.58. The lowest BCUT2D eigenvalue weighted by Crippen LogP contribution is -1.94. The van der Waals surface area contributed by atoms with E-state index in [-0.39, 0.29) is 11.3 Å². The Labute approximate surface area is 103 Å². The van der Waals surface area contributed by atoms with Crippen LogP contribution in [0.5, 0.6) is 0 Å². The van der Waals surface area contributed by atoms with Crippen molar-refractivity contribution in [1.29, 1.82) is 0 Å². The second kappa shape index (κ2) is 4.36. The zero-order valence-electron chi connectivity index (χ0n) is 7.72. The minimum atomic E-state index is -1.22. The maximum Gasteiger partial charge on any atom is 0.161 e. The van der Waals surface area contributed by atoms with Gasteiger partial charge in [-0.3, -0.25) is 0 Å². The predicted molar refractivity (Wildman–Crippen MR) is 60.1 cm³/mol. The highest BCUT2D eigenvalue weighted by atomic mass is 127. The third-order valence-electron chi connectivity index (χ3n) is 1.92. The summed E-state index contributed by atoms with van der Waals surface area (Å²) in [7, 11) is 0. The van der Waals surface area contributed by atoms with Crippen LogP contribution in [0.2, 0.25) is 0 Å². The van der Waals surface area contributed by atoms with Gasteiger partial charge in [-0.05, 0) is 34.7 Å². The molecule has 16 heavy (non-hydrogen) atoms. The smallest absolute Gasteiger partial charge is 0.161 e. The summed E-state index contributed by atoms with van der Waals surface area (Å²) in [6, 6.07) is 2.76. The Balaban J connectivity index is 2.60. The average Bonchev–Trinajstić information content (AvgIpc) is 2.23. The second-order valence-corrected chi connectivity index (χ2v) is 4.08. The Morgan fingerprint density at radius 2 is 1.56 bits per heavy atom. The van der Waals surface area contributed by atoms with E-state index >= 15 is 0 Å². The van der Waals surface area contributed by atoms with Crippen LogP contribution in [-0.4, -0.2) is 9.97 Å². The molecule has 0 aliphatic heterocycles. The highest BCUT2D eigenvalue weighted by molar-refractivity contribution is 14.1. The normalized spacial score (nSPS) is 10.5. The number of hydrogen-bond donors (Lipinski definition) is 0. The van der Waals surface area contributed by atoms with E-state index in [1.165, 1.54) is 12.4 Å². The fourth-order valence-electron chi connectivity index (χ4n) is 1.20. The van der Waals surface area contributed by atoms with Crippen LogP contribution in [0.4, 0.5) is 13.2 Å². The van der Waals surface area contributed by atoms with Crippen molar-refractivity contribution < 1.29 is 13.2 Å². The molecule has 0 aliphatic carbocycles. The number of hydrogen-bond acceptors (Lipinski definition) is 2. The van der Waals surface area contributed by atoms with Crippen LogP contribution in [0.3, 0.4) is 0 Å². The summed E-state index contributed by atoms with van der Waals surface area (Å²) >= 11 is 1.92. The van der Waals surface area contributed by atoms with Gasteiger partial charge in [-0.15, -0.1) is 0 Å². The number of aromatic nitrogens is 2. The fourth-order valence-corrected chi connectivity index (χ4v) is 1.62. The molecule has 0 saturated heterocycles. The summed E-state index contributed by atoms with van der Waals surface area (Å²) < 4.78 is 39.6. The van der Waals surface area contributed by atoms with Gasteiger partial charge in [-0.2, -0.15) is 0 Å². The maximum absolute atomic E-state index is 13.4. The Kier molecular flexibility index (Phi) is 3.08. The van der Waals surface area contributed by atoms with Gasteiger partial charge >= 0.3 is 0 Å². The van der Waals surface area contributed by atoms with Gasteiger partial charge in [0.05, 0.1) is 5.69 Å². The number of rotatable bonds is 1. The van der Waals surface area contributed by atoms with Gasteiger partial charge in [0.1, 0.15) is 15.8 Å². The molecule has 1 aromatic heterocycles. The largest absolute Gasteiger partial charge is 0.236 e. The van der Waals surface area contributed by atoms with E-state index in [1.807, 2.05) is 22.6 Å². The van der Waals surface area contributed by atoms with Crippen LogP contribution in [0.1, 0.15) is 0 Å². The van der Waals surface area contributed by atoms with E-state index in [1.54, 1.807) is 0 Å². The van der Waals surface area contributed by atoms with Crippen LogP contribution in [-0.2, 0) is 0 Å². The lowest BCUT2D eigenvalue weighted by molar-refractivity contribution is 0.496. The van der Waals surface area contributed by atoms with Gasteiger partial charge in [-0.1, -0.05) is 0 Å². The predicted octanol–water partition coefficient (Wildman–Crippen LogP) is 3.17. The van der Waals surface area contributed by atoms with Crippen LogP contribution in [0, 0.1) is 21.2 Å². The SMILES string of the molecule is Fc1cc(F)c(-c2cc(I)ncn2)cc1F. The van der Waals surface area contributed by atoms with Gasteiger partial charge in [0.25, 0.3) is 0 Å². The molecule has 2 rings (SSSR count). The van der Waals surface area contributed by atoms with Crippen LogP contribution in [0.15, 0.2) is 24.5 Å². The van der Waals surface area contributed by atoms with Gasteiger partial charge in [0.15, 0.2) is 11.6 Å². The highest BCUT2D eigenvalue weighted by Gasteiger charge is 2.12. The Morgan fingerprint density at radius 1 is 0.875 bits per heavy atom. The van der Waals surface area contributed by atoms with E-state index in [4.69, 9.17) is 0 Å². The summed E-state index contributed by atoms with van der Waals surface area (Å²) in [6.45, 7) is 0. The van der Waals surface area contributed by atoms with Crippen molar-refractivity contribution in [3.8, 4) is 11.3 Å². The van der Waals surface area contributed by atoms with Crippen molar-refractivity contribution in [3.63, 3.8) is 0 Å². The first-order valence-corrected chi connectivity index (χ1v) is 5.28. The lowest BCUT2D eigenvalue weighted by atomic mass is 10.1. The molecule has 0 amide bonds. The van der Waals surface area contributed by atoms with Gasteiger partial charge in [-0.25, -0.2) is 23.1 Å². The molecule has 0 N–H and O–H groups in total. The number of halogens is 4. The minimum absolute atomic E-state index is 0.0841. The zero-order chi connectivity index (χ0) is 11.7. The van der Waals surface area contributed by atoms with Crippen molar-refractivity contribution in [1.82, 2.24) is 9.97 Å². The summed E-state index contributed by atoms with van der Waals surface area (Å²) in [5, 5.41) is 0. The molecule has 0 saturated carbocycles. The Bertz CT molecular complexity index is 546. The number of nitrogens with zero attached hydrogens (tertiary/aromatic N) is 2. The van der Waals surface area contributed by atoms with E-state index in [9.17, 15) is 13.2 Å². The van der Waals surface area contributed by atoms with E-state index in [0.29, 0.717) is 9.77 Å². The molecule has 0 radical (unpaired) electrons. The monoisotopic (exact) mass is 336 g/mol. The van der Waals surface area contributed by atoms with Crippen LogP contribution >= 0.6 is 22.6 Å². The van der Waals surface area contributed by atoms with Crippen molar-refractivity contribution in [2.45, 2.75) is 0 Å². The molecule has 6 heteroatoms. The lowest BCUT2D eigenvalue weighted by Gasteiger charge is -2.03.